The van der Waals surface area contributed by atoms with Gasteiger partial charge in [0.2, 0.25) is 5.95 Å². The average Bonchev–Trinajstić information content (AvgIpc) is 3.44. The maximum atomic E-state index is 14.1. The number of aromatic nitrogens is 3. The van der Waals surface area contributed by atoms with E-state index in [1.54, 1.807) is 12.3 Å². The van der Waals surface area contributed by atoms with Crippen LogP contribution in [0.4, 0.5) is 27.4 Å². The van der Waals surface area contributed by atoms with Crippen LogP contribution in [-0.2, 0) is 0 Å². The highest BCUT2D eigenvalue weighted by molar-refractivity contribution is 6.33. The molecule has 0 radical (unpaired) electrons. The number of hydrogen-bond donors (Lipinski definition) is 3. The number of nitrogens with zero attached hydrogens (tertiary/aromatic N) is 4. The first-order chi connectivity index (χ1) is 15.9. The van der Waals surface area contributed by atoms with Gasteiger partial charge in [-0.05, 0) is 44.8 Å². The SMILES string of the molecule is CN(C)C1CCN(c2ccc(Nc3ncc(Cl)c(-c4c[nH]c5c(F)cccc45)n3)cc2N)C1. The Labute approximate surface area is 196 Å². The van der Waals surface area contributed by atoms with E-state index in [2.05, 4.69) is 44.2 Å². The molecule has 1 fully saturated rings. The van der Waals surface area contributed by atoms with Crippen molar-refractivity contribution in [3.63, 3.8) is 0 Å². The number of nitrogens with two attached hydrogens (primary N) is 1. The van der Waals surface area contributed by atoms with Crippen LogP contribution in [0.25, 0.3) is 22.2 Å². The highest BCUT2D eigenvalue weighted by Gasteiger charge is 2.25. The third-order valence-corrected chi connectivity index (χ3v) is 6.46. The lowest BCUT2D eigenvalue weighted by atomic mass is 10.1. The van der Waals surface area contributed by atoms with Gasteiger partial charge in [0.15, 0.2) is 0 Å². The summed E-state index contributed by atoms with van der Waals surface area (Å²) in [6, 6.07) is 11.3. The maximum Gasteiger partial charge on any atom is 0.227 e. The third-order valence-electron chi connectivity index (χ3n) is 6.18. The van der Waals surface area contributed by atoms with Crippen molar-refractivity contribution in [1.29, 1.82) is 0 Å². The molecule has 1 atom stereocenters. The summed E-state index contributed by atoms with van der Waals surface area (Å²) in [6.07, 6.45) is 4.36. The van der Waals surface area contributed by atoms with Crippen LogP contribution < -0.4 is 16.0 Å². The van der Waals surface area contributed by atoms with E-state index >= 15 is 0 Å². The molecule has 0 aliphatic carbocycles. The fourth-order valence-corrected chi connectivity index (χ4v) is 4.55. The van der Waals surface area contributed by atoms with Gasteiger partial charge in [0.05, 0.1) is 33.8 Å². The molecule has 7 nitrogen and oxygen atoms in total. The number of para-hydroxylation sites is 1. The van der Waals surface area contributed by atoms with E-state index in [4.69, 9.17) is 17.3 Å². The molecule has 0 spiro atoms. The summed E-state index contributed by atoms with van der Waals surface area (Å²) in [7, 11) is 4.22. The number of H-pyrrole nitrogens is 1. The van der Waals surface area contributed by atoms with Gasteiger partial charge in [0, 0.05) is 42.0 Å². The molecule has 33 heavy (non-hydrogen) atoms. The lowest BCUT2D eigenvalue weighted by Gasteiger charge is -2.23. The Balaban J connectivity index is 1.40. The summed E-state index contributed by atoms with van der Waals surface area (Å²) < 4.78 is 14.1. The van der Waals surface area contributed by atoms with Crippen molar-refractivity contribution in [2.45, 2.75) is 12.5 Å². The third kappa shape index (κ3) is 4.07. The minimum Gasteiger partial charge on any atom is -0.397 e. The number of nitrogen functional groups attached to an aromatic ring is 1. The predicted molar refractivity (Wildman–Crippen MR) is 133 cm³/mol. The number of benzene rings is 2. The van der Waals surface area contributed by atoms with E-state index in [-0.39, 0.29) is 5.82 Å². The van der Waals surface area contributed by atoms with Gasteiger partial charge in [-0.3, -0.25) is 0 Å². The van der Waals surface area contributed by atoms with Crippen LogP contribution in [0.15, 0.2) is 48.8 Å². The summed E-state index contributed by atoms with van der Waals surface area (Å²) in [5.41, 5.74) is 10.5. The summed E-state index contributed by atoms with van der Waals surface area (Å²) >= 11 is 6.39. The van der Waals surface area contributed by atoms with Crippen molar-refractivity contribution >= 4 is 45.5 Å². The second kappa shape index (κ2) is 8.53. The average molecular weight is 466 g/mol. The summed E-state index contributed by atoms with van der Waals surface area (Å²) in [6.45, 7) is 1.94. The lowest BCUT2D eigenvalue weighted by Crippen LogP contribution is -2.31. The van der Waals surface area contributed by atoms with Crippen LogP contribution in [0.1, 0.15) is 6.42 Å². The standard InChI is InChI=1S/C24H25ClFN7/c1-32(2)15-8-9-33(13-15)21-7-6-14(10-20(21)27)30-24-29-12-18(25)22(31-24)17-11-28-23-16(17)4-3-5-19(23)26/h3-7,10-12,15,28H,8-9,13,27H2,1-2H3,(H,29,30,31). The Morgan fingerprint density at radius 1 is 1.27 bits per heavy atom. The molecule has 2 aromatic carbocycles. The number of anilines is 4. The second-order valence-corrected chi connectivity index (χ2v) is 8.91. The van der Waals surface area contributed by atoms with Crippen LogP contribution in [0, 0.1) is 5.82 Å². The van der Waals surface area contributed by atoms with Gasteiger partial charge in [-0.1, -0.05) is 23.7 Å². The quantitative estimate of drug-likeness (QED) is 0.364. The van der Waals surface area contributed by atoms with Crippen molar-refractivity contribution in [1.82, 2.24) is 19.9 Å². The molecule has 1 aliphatic heterocycles. The van der Waals surface area contributed by atoms with Gasteiger partial charge in [-0.25, -0.2) is 14.4 Å². The number of hydrogen-bond acceptors (Lipinski definition) is 6. The minimum atomic E-state index is -0.326. The van der Waals surface area contributed by atoms with Crippen LogP contribution in [-0.4, -0.2) is 53.1 Å². The largest absolute Gasteiger partial charge is 0.397 e. The van der Waals surface area contributed by atoms with E-state index in [1.807, 2.05) is 24.3 Å². The van der Waals surface area contributed by atoms with Gasteiger partial charge in [0.25, 0.3) is 0 Å². The fraction of sp³-hybridized carbons (Fsp3) is 0.250. The zero-order valence-corrected chi connectivity index (χ0v) is 19.2. The molecule has 2 aromatic heterocycles. The summed E-state index contributed by atoms with van der Waals surface area (Å²) in [4.78, 5) is 16.4. The highest BCUT2D eigenvalue weighted by atomic mass is 35.5. The molecule has 1 saturated heterocycles. The number of rotatable bonds is 5. The van der Waals surface area contributed by atoms with E-state index in [9.17, 15) is 4.39 Å². The molecular weight excluding hydrogens is 441 g/mol. The van der Waals surface area contributed by atoms with Crippen LogP contribution in [0.5, 0.6) is 0 Å². The zero-order valence-electron chi connectivity index (χ0n) is 18.4. The van der Waals surface area contributed by atoms with Crippen LogP contribution in [0.2, 0.25) is 5.02 Å². The van der Waals surface area contributed by atoms with Gasteiger partial charge < -0.3 is 25.8 Å². The number of aromatic amines is 1. The summed E-state index contributed by atoms with van der Waals surface area (Å²) in [5, 5.41) is 4.29. The van der Waals surface area contributed by atoms with E-state index < -0.39 is 0 Å². The van der Waals surface area contributed by atoms with Gasteiger partial charge in [-0.2, -0.15) is 0 Å². The Kier molecular flexibility index (Phi) is 5.55. The molecule has 0 amide bonds. The first kappa shape index (κ1) is 21.5. The molecule has 0 bridgehead atoms. The molecule has 1 unspecified atom stereocenters. The van der Waals surface area contributed by atoms with Crippen molar-refractivity contribution in [2.24, 2.45) is 0 Å². The van der Waals surface area contributed by atoms with E-state index in [0.29, 0.717) is 44.9 Å². The second-order valence-electron chi connectivity index (χ2n) is 8.51. The first-order valence-electron chi connectivity index (χ1n) is 10.8. The fourth-order valence-electron chi connectivity index (χ4n) is 4.36. The Morgan fingerprint density at radius 2 is 2.12 bits per heavy atom. The maximum absolute atomic E-state index is 14.1. The van der Waals surface area contributed by atoms with Gasteiger partial charge in [0.1, 0.15) is 5.82 Å². The van der Waals surface area contributed by atoms with Crippen molar-refractivity contribution in [3.8, 4) is 11.3 Å². The summed E-state index contributed by atoms with van der Waals surface area (Å²) in [5.74, 6) is 0.0499. The van der Waals surface area contributed by atoms with Crippen LogP contribution in [0.3, 0.4) is 0 Å². The molecule has 3 heterocycles. The zero-order chi connectivity index (χ0) is 23.1. The first-order valence-corrected chi connectivity index (χ1v) is 11.1. The van der Waals surface area contributed by atoms with Crippen molar-refractivity contribution in [2.75, 3.05) is 43.1 Å². The molecule has 9 heteroatoms. The smallest absolute Gasteiger partial charge is 0.227 e. The van der Waals surface area contributed by atoms with Gasteiger partial charge >= 0.3 is 0 Å². The number of nitrogens with one attached hydrogen (secondary N) is 2. The molecule has 170 valence electrons. The molecule has 4 N–H and O–H groups in total. The van der Waals surface area contributed by atoms with Crippen molar-refractivity contribution in [3.05, 3.63) is 59.6 Å². The normalized spacial score (nSPS) is 16.2. The monoisotopic (exact) mass is 465 g/mol. The highest BCUT2D eigenvalue weighted by Crippen LogP contribution is 2.34. The Morgan fingerprint density at radius 3 is 2.88 bits per heavy atom. The molecule has 4 aromatic rings. The Hall–Kier alpha value is -3.36. The van der Waals surface area contributed by atoms with Crippen molar-refractivity contribution < 1.29 is 4.39 Å². The molecule has 5 rings (SSSR count). The number of fused-ring (bicyclic) bond motifs is 1. The number of likely N-dealkylation sites (N-methyl/N-ethyl adjacent to an activating group) is 1. The minimum absolute atomic E-state index is 0.326. The molecule has 1 aliphatic rings. The molecule has 0 saturated carbocycles. The Bertz CT molecular complexity index is 1320. The van der Waals surface area contributed by atoms with E-state index in [1.165, 1.54) is 12.3 Å². The predicted octanol–water partition coefficient (Wildman–Crippen LogP) is 4.88. The topological polar surface area (TPSA) is 86.1 Å². The van der Waals surface area contributed by atoms with Gasteiger partial charge in [-0.15, -0.1) is 0 Å². The lowest BCUT2D eigenvalue weighted by molar-refractivity contribution is 0.315. The van der Waals surface area contributed by atoms with Crippen LogP contribution >= 0.6 is 11.6 Å². The molecular formula is C24H25ClFN7. The number of halogens is 2. The van der Waals surface area contributed by atoms with E-state index in [0.717, 1.165) is 30.9 Å².